The maximum absolute atomic E-state index is 12.7. The second-order valence-electron chi connectivity index (χ2n) is 5.00. The molecule has 0 saturated carbocycles. The van der Waals surface area contributed by atoms with E-state index in [1.807, 2.05) is 45.0 Å². The highest BCUT2D eigenvalue weighted by Crippen LogP contribution is 2.44. The van der Waals surface area contributed by atoms with Crippen molar-refractivity contribution < 1.29 is 14.0 Å². The topological polar surface area (TPSA) is 46.5 Å². The largest absolute Gasteiger partial charge is 0.421 e. The van der Waals surface area contributed by atoms with E-state index in [2.05, 4.69) is 0 Å². The van der Waals surface area contributed by atoms with Crippen LogP contribution in [0, 0.1) is 6.92 Å². The van der Waals surface area contributed by atoms with Gasteiger partial charge in [0.2, 0.25) is 0 Å². The Balaban J connectivity index is 2.45. The van der Waals surface area contributed by atoms with E-state index in [0.717, 1.165) is 23.1 Å². The van der Waals surface area contributed by atoms with E-state index in [0.29, 0.717) is 17.5 Å². The molecule has 21 heavy (non-hydrogen) atoms. The van der Waals surface area contributed by atoms with E-state index in [9.17, 15) is 9.46 Å². The van der Waals surface area contributed by atoms with Crippen molar-refractivity contribution in [1.82, 2.24) is 0 Å². The first-order chi connectivity index (χ1) is 9.99. The van der Waals surface area contributed by atoms with Gasteiger partial charge in [-0.3, -0.25) is 0 Å². The quantitative estimate of drug-likeness (QED) is 0.849. The van der Waals surface area contributed by atoms with Crippen LogP contribution in [-0.4, -0.2) is 4.89 Å². The van der Waals surface area contributed by atoms with E-state index in [1.165, 1.54) is 0 Å². The molecular formula is C17H21O3P. The fourth-order valence-electron chi connectivity index (χ4n) is 2.47. The molecule has 0 amide bonds. The molecule has 1 N–H and O–H groups in total. The zero-order valence-electron chi connectivity index (χ0n) is 12.7. The molecule has 0 heterocycles. The lowest BCUT2D eigenvalue weighted by Crippen LogP contribution is -2.16. The van der Waals surface area contributed by atoms with Gasteiger partial charge in [0.15, 0.2) is 0 Å². The van der Waals surface area contributed by atoms with Crippen LogP contribution in [0.5, 0.6) is 5.75 Å². The van der Waals surface area contributed by atoms with Gasteiger partial charge < -0.3 is 9.42 Å². The summed E-state index contributed by atoms with van der Waals surface area (Å²) in [7, 11) is -3.89. The lowest BCUT2D eigenvalue weighted by atomic mass is 10.0. The van der Waals surface area contributed by atoms with Gasteiger partial charge in [-0.15, -0.1) is 0 Å². The van der Waals surface area contributed by atoms with Crippen LogP contribution in [0.25, 0.3) is 0 Å². The van der Waals surface area contributed by atoms with Crippen LogP contribution in [0.15, 0.2) is 42.5 Å². The Morgan fingerprint density at radius 2 is 1.76 bits per heavy atom. The molecule has 0 fully saturated rings. The first-order valence-electron chi connectivity index (χ1n) is 7.19. The third-order valence-corrected chi connectivity index (χ3v) is 5.07. The minimum atomic E-state index is -3.89. The van der Waals surface area contributed by atoms with Crippen LogP contribution in [-0.2, 0) is 17.4 Å². The van der Waals surface area contributed by atoms with Crippen molar-refractivity contribution in [2.24, 2.45) is 0 Å². The van der Waals surface area contributed by atoms with E-state index in [-0.39, 0.29) is 0 Å². The summed E-state index contributed by atoms with van der Waals surface area (Å²) in [5, 5.41) is 0.410. The van der Waals surface area contributed by atoms with Crippen LogP contribution in [0.2, 0.25) is 0 Å². The van der Waals surface area contributed by atoms with Gasteiger partial charge in [-0.05, 0) is 48.6 Å². The smallest absolute Gasteiger partial charge is 0.408 e. The summed E-state index contributed by atoms with van der Waals surface area (Å²) in [6, 6.07) is 12.8. The number of hydrogen-bond acceptors (Lipinski definition) is 2. The van der Waals surface area contributed by atoms with E-state index >= 15 is 0 Å². The van der Waals surface area contributed by atoms with Gasteiger partial charge in [0, 0.05) is 0 Å². The molecule has 0 radical (unpaired) electrons. The van der Waals surface area contributed by atoms with Gasteiger partial charge in [0.05, 0.1) is 5.30 Å². The Morgan fingerprint density at radius 1 is 1.05 bits per heavy atom. The highest BCUT2D eigenvalue weighted by atomic mass is 31.2. The van der Waals surface area contributed by atoms with Gasteiger partial charge in [-0.25, -0.2) is 4.57 Å². The molecule has 2 aromatic carbocycles. The first kappa shape index (κ1) is 15.8. The molecule has 2 aromatic rings. The summed E-state index contributed by atoms with van der Waals surface area (Å²) in [6.07, 6.45) is 1.54. The molecule has 0 aliphatic heterocycles. The van der Waals surface area contributed by atoms with Gasteiger partial charge in [-0.2, -0.15) is 0 Å². The highest BCUT2D eigenvalue weighted by molar-refractivity contribution is 7.61. The van der Waals surface area contributed by atoms with Crippen molar-refractivity contribution in [1.29, 1.82) is 0 Å². The van der Waals surface area contributed by atoms with Crippen LogP contribution in [0.3, 0.4) is 0 Å². The fourth-order valence-corrected chi connectivity index (χ4v) is 3.95. The van der Waals surface area contributed by atoms with Crippen LogP contribution >= 0.6 is 7.60 Å². The molecule has 0 aliphatic rings. The Labute approximate surface area is 126 Å². The third kappa shape index (κ3) is 3.37. The molecule has 2 rings (SSSR count). The molecule has 1 unspecified atom stereocenters. The third-order valence-electron chi connectivity index (χ3n) is 3.60. The Bertz CT molecular complexity index is 679. The normalized spacial score (nSPS) is 13.7. The van der Waals surface area contributed by atoms with Gasteiger partial charge in [-0.1, -0.05) is 44.2 Å². The Morgan fingerprint density at radius 3 is 2.38 bits per heavy atom. The molecule has 0 aromatic heterocycles. The predicted molar refractivity (Wildman–Crippen MR) is 86.5 cm³/mol. The number of hydrogen-bond donors (Lipinski definition) is 1. The summed E-state index contributed by atoms with van der Waals surface area (Å²) in [5.41, 5.74) is 2.86. The molecule has 112 valence electrons. The van der Waals surface area contributed by atoms with Gasteiger partial charge in [0.25, 0.3) is 0 Å². The number of benzene rings is 2. The lowest BCUT2D eigenvalue weighted by Gasteiger charge is -2.19. The molecule has 0 spiro atoms. The Kier molecular flexibility index (Phi) is 4.87. The molecule has 0 bridgehead atoms. The average molecular weight is 304 g/mol. The van der Waals surface area contributed by atoms with Crippen LogP contribution in [0.1, 0.15) is 30.5 Å². The minimum Gasteiger partial charge on any atom is -0.421 e. The van der Waals surface area contributed by atoms with Crippen molar-refractivity contribution in [3.05, 3.63) is 59.2 Å². The van der Waals surface area contributed by atoms with Gasteiger partial charge >= 0.3 is 7.60 Å². The van der Waals surface area contributed by atoms with E-state index < -0.39 is 7.60 Å². The molecule has 3 nitrogen and oxygen atoms in total. The van der Waals surface area contributed by atoms with Crippen molar-refractivity contribution in [3.8, 4) is 5.75 Å². The standard InChI is InChI=1S/C17H21O3P/c1-4-14-10-8-12-17(15(14)5-2)21(18,19)20-16-11-7-6-9-13(16)3/h6-12H,4-5H2,1-3H3,(H,18,19). The monoisotopic (exact) mass is 304 g/mol. The lowest BCUT2D eigenvalue weighted by molar-refractivity contribution is 0.392. The van der Waals surface area contributed by atoms with Crippen molar-refractivity contribution >= 4 is 12.9 Å². The molecule has 4 heteroatoms. The maximum atomic E-state index is 12.7. The molecule has 0 saturated heterocycles. The number of rotatable bonds is 5. The predicted octanol–water partition coefficient (Wildman–Crippen LogP) is 4.01. The first-order valence-corrected chi connectivity index (χ1v) is 8.76. The zero-order chi connectivity index (χ0) is 15.5. The molecule has 0 aliphatic carbocycles. The molecule has 1 atom stereocenters. The van der Waals surface area contributed by atoms with Crippen LogP contribution < -0.4 is 9.83 Å². The average Bonchev–Trinajstić information content (AvgIpc) is 2.48. The SMILES string of the molecule is CCc1cccc(P(=O)(O)Oc2ccccc2C)c1CC. The van der Waals surface area contributed by atoms with Crippen molar-refractivity contribution in [2.75, 3.05) is 0 Å². The van der Waals surface area contributed by atoms with E-state index in [1.54, 1.807) is 18.2 Å². The highest BCUT2D eigenvalue weighted by Gasteiger charge is 2.28. The van der Waals surface area contributed by atoms with Crippen molar-refractivity contribution in [3.63, 3.8) is 0 Å². The summed E-state index contributed by atoms with van der Waals surface area (Å²) in [5.74, 6) is 0.451. The Hall–Kier alpha value is -1.57. The van der Waals surface area contributed by atoms with Gasteiger partial charge in [0.1, 0.15) is 5.75 Å². The summed E-state index contributed by atoms with van der Waals surface area (Å²) >= 11 is 0. The van der Waals surface area contributed by atoms with E-state index in [4.69, 9.17) is 4.52 Å². The maximum Gasteiger partial charge on any atom is 0.408 e. The number of aryl methyl sites for hydroxylation is 2. The van der Waals surface area contributed by atoms with Crippen molar-refractivity contribution in [2.45, 2.75) is 33.6 Å². The minimum absolute atomic E-state index is 0.410. The second kappa shape index (κ2) is 6.46. The molecular weight excluding hydrogens is 283 g/mol. The van der Waals surface area contributed by atoms with Crippen LogP contribution in [0.4, 0.5) is 0 Å². The second-order valence-corrected chi connectivity index (χ2v) is 6.70. The summed E-state index contributed by atoms with van der Waals surface area (Å²) < 4.78 is 18.2. The summed E-state index contributed by atoms with van der Waals surface area (Å²) in [4.78, 5) is 10.4. The summed E-state index contributed by atoms with van der Waals surface area (Å²) in [6.45, 7) is 5.90. The fraction of sp³-hybridized carbons (Fsp3) is 0.294. The number of para-hydroxylation sites is 1. The zero-order valence-corrected chi connectivity index (χ0v) is 13.6.